The Morgan fingerprint density at radius 3 is 2.65 bits per heavy atom. The van der Waals surface area contributed by atoms with E-state index in [0.29, 0.717) is 10.9 Å². The van der Waals surface area contributed by atoms with Gasteiger partial charge in [-0.25, -0.2) is 0 Å². The van der Waals surface area contributed by atoms with Crippen LogP contribution in [0.25, 0.3) is 0 Å². The van der Waals surface area contributed by atoms with Crippen molar-refractivity contribution in [3.05, 3.63) is 34.9 Å². The summed E-state index contributed by atoms with van der Waals surface area (Å²) in [4.78, 5) is 0. The minimum absolute atomic E-state index is 0.214. The number of ether oxygens (including phenoxy) is 2. The van der Waals surface area contributed by atoms with E-state index in [9.17, 15) is 0 Å². The molecule has 0 heterocycles. The molecule has 0 N–H and O–H groups in total. The number of hydrogen-bond donors (Lipinski definition) is 0. The lowest BCUT2D eigenvalue weighted by molar-refractivity contribution is -0.190. The summed E-state index contributed by atoms with van der Waals surface area (Å²) in [6.07, 6.45) is 0. The van der Waals surface area contributed by atoms with Crippen LogP contribution in [0.4, 0.5) is 0 Å². The number of benzene rings is 1. The first kappa shape index (κ1) is 14.3. The number of rotatable bonds is 6. The van der Waals surface area contributed by atoms with Crippen molar-refractivity contribution in [2.75, 3.05) is 12.5 Å². The van der Waals surface area contributed by atoms with Gasteiger partial charge in [-0.1, -0.05) is 29.8 Å². The molecule has 1 aromatic carbocycles. The maximum Gasteiger partial charge on any atom is 0.256 e. The van der Waals surface area contributed by atoms with E-state index < -0.39 is 5.79 Å². The van der Waals surface area contributed by atoms with Crippen molar-refractivity contribution in [3.63, 3.8) is 0 Å². The van der Waals surface area contributed by atoms with E-state index in [1.54, 1.807) is 13.0 Å². The summed E-state index contributed by atoms with van der Waals surface area (Å²) in [5.41, 5.74) is 0.810. The van der Waals surface area contributed by atoms with Gasteiger partial charge in [-0.15, -0.1) is 11.6 Å². The topological polar surface area (TPSA) is 42.2 Å². The van der Waals surface area contributed by atoms with E-state index in [0.717, 1.165) is 5.56 Å². The van der Waals surface area contributed by atoms with Crippen molar-refractivity contribution in [2.45, 2.75) is 19.3 Å². The normalized spacial score (nSPS) is 14.0. The van der Waals surface area contributed by atoms with Gasteiger partial charge in [0.1, 0.15) is 6.07 Å². The third-order valence-electron chi connectivity index (χ3n) is 2.12. The highest BCUT2D eigenvalue weighted by Gasteiger charge is 2.25. The molecule has 1 rings (SSSR count). The van der Waals surface area contributed by atoms with Gasteiger partial charge in [0.15, 0.2) is 0 Å². The maximum absolute atomic E-state index is 8.98. The van der Waals surface area contributed by atoms with Gasteiger partial charge in [-0.3, -0.25) is 0 Å². The van der Waals surface area contributed by atoms with E-state index >= 15 is 0 Å². The van der Waals surface area contributed by atoms with Crippen molar-refractivity contribution < 1.29 is 9.47 Å². The standard InChI is InChI=1S/C12H13Cl2NO2/c1-12(9-15,16-7-6-13)17-8-10-4-2-3-5-11(10)14/h2-5H,6-8H2,1H3. The summed E-state index contributed by atoms with van der Waals surface area (Å²) in [5.74, 6) is -0.985. The summed E-state index contributed by atoms with van der Waals surface area (Å²) in [5, 5.41) is 9.59. The molecule has 0 amide bonds. The van der Waals surface area contributed by atoms with Gasteiger partial charge in [0.25, 0.3) is 5.79 Å². The first-order valence-corrected chi connectivity index (χ1v) is 6.01. The van der Waals surface area contributed by atoms with E-state index in [4.69, 9.17) is 37.9 Å². The SMILES string of the molecule is CC(C#N)(OCCCl)OCc1ccccc1Cl. The Labute approximate surface area is 111 Å². The Balaban J connectivity index is 2.59. The molecule has 0 spiro atoms. The van der Waals surface area contributed by atoms with Crippen LogP contribution >= 0.6 is 23.2 Å². The number of hydrogen-bond acceptors (Lipinski definition) is 3. The minimum Gasteiger partial charge on any atom is -0.337 e. The van der Waals surface area contributed by atoms with Crippen LogP contribution in [0.5, 0.6) is 0 Å². The lowest BCUT2D eigenvalue weighted by Gasteiger charge is -2.22. The van der Waals surface area contributed by atoms with Gasteiger partial charge >= 0.3 is 0 Å². The number of alkyl halides is 1. The third kappa shape index (κ3) is 4.53. The molecule has 1 aromatic rings. The maximum atomic E-state index is 8.98. The van der Waals surface area contributed by atoms with Crippen LogP contribution < -0.4 is 0 Å². The molecule has 0 saturated heterocycles. The molecule has 0 saturated carbocycles. The quantitative estimate of drug-likeness (QED) is 0.590. The highest BCUT2D eigenvalue weighted by atomic mass is 35.5. The molecule has 0 bridgehead atoms. The molecule has 0 aromatic heterocycles. The second-order valence-electron chi connectivity index (χ2n) is 3.48. The molecule has 17 heavy (non-hydrogen) atoms. The summed E-state index contributed by atoms with van der Waals surface area (Å²) in [6, 6.07) is 9.25. The van der Waals surface area contributed by atoms with Crippen LogP contribution in [-0.2, 0) is 16.1 Å². The van der Waals surface area contributed by atoms with Gasteiger partial charge < -0.3 is 9.47 Å². The van der Waals surface area contributed by atoms with Crippen molar-refractivity contribution in [3.8, 4) is 6.07 Å². The predicted octanol–water partition coefficient (Wildman–Crippen LogP) is 3.35. The lowest BCUT2D eigenvalue weighted by Crippen LogP contribution is -2.31. The Bertz CT molecular complexity index is 406. The third-order valence-corrected chi connectivity index (χ3v) is 2.64. The molecule has 92 valence electrons. The van der Waals surface area contributed by atoms with E-state index in [1.807, 2.05) is 24.3 Å². The van der Waals surface area contributed by atoms with Crippen LogP contribution in [0.15, 0.2) is 24.3 Å². The summed E-state index contributed by atoms with van der Waals surface area (Å²) < 4.78 is 10.7. The van der Waals surface area contributed by atoms with Crippen LogP contribution in [0.2, 0.25) is 5.02 Å². The zero-order chi connectivity index (χ0) is 12.7. The molecule has 5 heteroatoms. The van der Waals surface area contributed by atoms with Crippen molar-refractivity contribution in [1.29, 1.82) is 5.26 Å². The van der Waals surface area contributed by atoms with Crippen molar-refractivity contribution >= 4 is 23.2 Å². The molecule has 3 nitrogen and oxygen atoms in total. The highest BCUT2D eigenvalue weighted by Crippen LogP contribution is 2.20. The van der Waals surface area contributed by atoms with Crippen LogP contribution in [-0.4, -0.2) is 18.3 Å². The van der Waals surface area contributed by atoms with E-state index in [2.05, 4.69) is 0 Å². The fourth-order valence-corrected chi connectivity index (χ4v) is 1.44. The van der Waals surface area contributed by atoms with Crippen molar-refractivity contribution in [1.82, 2.24) is 0 Å². The van der Waals surface area contributed by atoms with Crippen molar-refractivity contribution in [2.24, 2.45) is 0 Å². The fraction of sp³-hybridized carbons (Fsp3) is 0.417. The van der Waals surface area contributed by atoms with Gasteiger partial charge in [0.2, 0.25) is 0 Å². The van der Waals surface area contributed by atoms with E-state index in [-0.39, 0.29) is 13.2 Å². The number of nitriles is 1. The van der Waals surface area contributed by atoms with E-state index in [1.165, 1.54) is 0 Å². The zero-order valence-corrected chi connectivity index (χ0v) is 11.0. The second kappa shape index (κ2) is 6.83. The summed E-state index contributed by atoms with van der Waals surface area (Å²) >= 11 is 11.5. The van der Waals surface area contributed by atoms with Crippen LogP contribution in [0.1, 0.15) is 12.5 Å². The number of halogens is 2. The predicted molar refractivity (Wildman–Crippen MR) is 66.9 cm³/mol. The van der Waals surface area contributed by atoms with Crippen LogP contribution in [0.3, 0.4) is 0 Å². The summed E-state index contributed by atoms with van der Waals surface area (Å²) in [7, 11) is 0. The van der Waals surface area contributed by atoms with Gasteiger partial charge in [-0.2, -0.15) is 5.26 Å². The summed E-state index contributed by atoms with van der Waals surface area (Å²) in [6.45, 7) is 2.02. The van der Waals surface area contributed by atoms with Gasteiger partial charge in [0.05, 0.1) is 13.2 Å². The molecule has 0 aliphatic heterocycles. The first-order valence-electron chi connectivity index (χ1n) is 5.10. The highest BCUT2D eigenvalue weighted by molar-refractivity contribution is 6.31. The minimum atomic E-state index is -1.30. The average Bonchev–Trinajstić information content (AvgIpc) is 2.35. The van der Waals surface area contributed by atoms with Crippen LogP contribution in [0, 0.1) is 11.3 Å². The number of nitrogens with zero attached hydrogens (tertiary/aromatic N) is 1. The molecular formula is C12H13Cl2NO2. The van der Waals surface area contributed by atoms with Gasteiger partial charge in [0, 0.05) is 17.8 Å². The molecule has 0 radical (unpaired) electrons. The van der Waals surface area contributed by atoms with Gasteiger partial charge in [-0.05, 0) is 11.6 Å². The average molecular weight is 274 g/mol. The molecule has 0 fully saturated rings. The smallest absolute Gasteiger partial charge is 0.256 e. The Morgan fingerprint density at radius 2 is 2.06 bits per heavy atom. The first-order chi connectivity index (χ1) is 8.11. The lowest BCUT2D eigenvalue weighted by atomic mass is 10.2. The molecule has 0 aliphatic rings. The Hall–Kier alpha value is -0.790. The largest absolute Gasteiger partial charge is 0.337 e. The molecular weight excluding hydrogens is 261 g/mol. The Morgan fingerprint density at radius 1 is 1.35 bits per heavy atom. The monoisotopic (exact) mass is 273 g/mol. The molecule has 1 unspecified atom stereocenters. The zero-order valence-electron chi connectivity index (χ0n) is 9.45. The molecule has 0 aliphatic carbocycles. The molecule has 1 atom stereocenters. The Kier molecular flexibility index (Phi) is 5.73. The fourth-order valence-electron chi connectivity index (χ4n) is 1.17. The second-order valence-corrected chi connectivity index (χ2v) is 4.26.